The number of nitrogens with one attached hydrogen (secondary N) is 2. The zero-order valence-electron chi connectivity index (χ0n) is 24.0. The summed E-state index contributed by atoms with van der Waals surface area (Å²) in [6, 6.07) is 8.34. The van der Waals surface area contributed by atoms with Crippen molar-refractivity contribution in [3.05, 3.63) is 59.5 Å². The third kappa shape index (κ3) is 6.90. The maximum Gasteiger partial charge on any atom is 0.251 e. The van der Waals surface area contributed by atoms with Crippen molar-refractivity contribution in [2.75, 3.05) is 6.61 Å². The topological polar surface area (TPSA) is 97.6 Å². The first-order valence-electron chi connectivity index (χ1n) is 15.3. The minimum Gasteiger partial charge on any atom is -0.493 e. The molecule has 0 saturated heterocycles. The number of carbonyl (C=O) groups excluding carboxylic acids is 2. The van der Waals surface area contributed by atoms with Gasteiger partial charge in [-0.05, 0) is 92.5 Å². The van der Waals surface area contributed by atoms with Crippen LogP contribution >= 0.6 is 0 Å². The Labute approximate surface area is 244 Å². The first kappa shape index (κ1) is 28.6. The molecule has 3 aliphatic carbocycles. The predicted octanol–water partition coefficient (Wildman–Crippen LogP) is 6.18. The quantitative estimate of drug-likeness (QED) is 0.267. The molecule has 42 heavy (non-hydrogen) atoms. The van der Waals surface area contributed by atoms with Gasteiger partial charge in [0.05, 0.1) is 36.8 Å². The smallest absolute Gasteiger partial charge is 0.251 e. The van der Waals surface area contributed by atoms with Crippen LogP contribution in [0.4, 0.5) is 8.78 Å². The van der Waals surface area contributed by atoms with E-state index in [0.29, 0.717) is 47.5 Å². The van der Waals surface area contributed by atoms with Gasteiger partial charge in [-0.3, -0.25) is 9.59 Å². The Balaban J connectivity index is 1.25. The maximum atomic E-state index is 14.1. The minimum atomic E-state index is -2.69. The summed E-state index contributed by atoms with van der Waals surface area (Å²) >= 11 is 0. The number of aromatic nitrogens is 3. The summed E-state index contributed by atoms with van der Waals surface area (Å²) in [5, 5.41) is 10.9. The fraction of sp³-hybridized carbons (Fsp3) is 0.562. The van der Waals surface area contributed by atoms with E-state index in [2.05, 4.69) is 15.7 Å². The lowest BCUT2D eigenvalue weighted by molar-refractivity contribution is -0.122. The molecule has 10 heteroatoms. The molecular weight excluding hydrogens is 540 g/mol. The molecule has 3 aliphatic rings. The first-order valence-corrected chi connectivity index (χ1v) is 15.3. The van der Waals surface area contributed by atoms with Gasteiger partial charge in [-0.2, -0.15) is 5.10 Å². The van der Waals surface area contributed by atoms with Crippen molar-refractivity contribution in [1.82, 2.24) is 25.2 Å². The largest absolute Gasteiger partial charge is 0.493 e. The van der Waals surface area contributed by atoms with Crippen molar-refractivity contribution in [2.24, 2.45) is 17.8 Å². The van der Waals surface area contributed by atoms with Gasteiger partial charge in [-0.25, -0.2) is 18.3 Å². The number of hydrogen-bond donors (Lipinski definition) is 2. The number of fused-ring (bicyclic) bond motifs is 1. The number of amides is 2. The van der Waals surface area contributed by atoms with Crippen molar-refractivity contribution in [3.63, 3.8) is 0 Å². The van der Waals surface area contributed by atoms with E-state index in [-0.39, 0.29) is 49.5 Å². The molecule has 3 aromatic rings. The van der Waals surface area contributed by atoms with Gasteiger partial charge in [0.1, 0.15) is 5.75 Å². The molecule has 3 saturated carbocycles. The number of halogens is 2. The molecule has 2 aromatic heterocycles. The van der Waals surface area contributed by atoms with E-state index in [1.54, 1.807) is 35.1 Å². The molecule has 8 nitrogen and oxygen atoms in total. The Morgan fingerprint density at radius 2 is 1.81 bits per heavy atom. The zero-order valence-corrected chi connectivity index (χ0v) is 24.0. The van der Waals surface area contributed by atoms with Crippen LogP contribution in [0.15, 0.2) is 42.7 Å². The van der Waals surface area contributed by atoms with E-state index < -0.39 is 12.0 Å². The predicted molar refractivity (Wildman–Crippen MR) is 153 cm³/mol. The van der Waals surface area contributed by atoms with Gasteiger partial charge in [0.15, 0.2) is 5.65 Å². The van der Waals surface area contributed by atoms with Gasteiger partial charge in [0, 0.05) is 24.8 Å². The number of hydrogen-bond acceptors (Lipinski definition) is 5. The van der Waals surface area contributed by atoms with Crippen LogP contribution in [0.5, 0.6) is 5.75 Å². The fourth-order valence-corrected chi connectivity index (χ4v) is 5.88. The number of nitrogens with zero attached hydrogens (tertiary/aromatic N) is 3. The summed E-state index contributed by atoms with van der Waals surface area (Å²) in [6.07, 6.45) is 9.36. The molecule has 2 heterocycles. The molecule has 0 aliphatic heterocycles. The second-order valence-electron chi connectivity index (χ2n) is 12.3. The normalized spacial score (nSPS) is 20.2. The van der Waals surface area contributed by atoms with E-state index >= 15 is 0 Å². The van der Waals surface area contributed by atoms with Gasteiger partial charge in [0.2, 0.25) is 11.8 Å². The molecule has 2 atom stereocenters. The third-order valence-electron chi connectivity index (χ3n) is 8.72. The lowest BCUT2D eigenvalue weighted by atomic mass is 9.81. The van der Waals surface area contributed by atoms with Crippen molar-refractivity contribution in [2.45, 2.75) is 89.1 Å². The first-order chi connectivity index (χ1) is 20.3. The molecule has 2 amide bonds. The molecule has 2 N–H and O–H groups in total. The lowest BCUT2D eigenvalue weighted by Gasteiger charge is -2.33. The summed E-state index contributed by atoms with van der Waals surface area (Å²) < 4.78 is 35.7. The number of benzene rings is 1. The van der Waals surface area contributed by atoms with E-state index in [0.717, 1.165) is 24.8 Å². The highest BCUT2D eigenvalue weighted by Crippen LogP contribution is 2.43. The van der Waals surface area contributed by atoms with Crippen LogP contribution in [0.2, 0.25) is 0 Å². The Morgan fingerprint density at radius 3 is 2.52 bits per heavy atom. The Kier molecular flexibility index (Phi) is 8.14. The van der Waals surface area contributed by atoms with Crippen molar-refractivity contribution in [1.29, 1.82) is 0 Å². The molecule has 1 aromatic carbocycles. The summed E-state index contributed by atoms with van der Waals surface area (Å²) in [4.78, 5) is 30.7. The molecular formula is C32H39F2N5O3. The van der Waals surface area contributed by atoms with Crippen LogP contribution < -0.4 is 15.4 Å². The average molecular weight is 580 g/mol. The highest BCUT2D eigenvalue weighted by Gasteiger charge is 2.40. The van der Waals surface area contributed by atoms with Crippen LogP contribution in [-0.4, -0.2) is 38.9 Å². The van der Waals surface area contributed by atoms with E-state index in [9.17, 15) is 18.4 Å². The zero-order chi connectivity index (χ0) is 29.3. The van der Waals surface area contributed by atoms with E-state index in [1.165, 1.54) is 12.8 Å². The van der Waals surface area contributed by atoms with Gasteiger partial charge < -0.3 is 15.4 Å². The van der Waals surface area contributed by atoms with Gasteiger partial charge in [-0.15, -0.1) is 0 Å². The monoisotopic (exact) mass is 579 g/mol. The molecule has 0 radical (unpaired) electrons. The minimum absolute atomic E-state index is 0.0252. The SMILES string of the molecule is CCCC(=O)N[C@@H](c1cnn2cc([C@@H](NC(=O)c3cccc(OCC4CC4)c3)C3CCC(F)(F)CC3)nc2c1)C1CC1. The molecule has 224 valence electrons. The Morgan fingerprint density at radius 1 is 1.05 bits per heavy atom. The fourth-order valence-electron chi connectivity index (χ4n) is 5.88. The third-order valence-corrected chi connectivity index (χ3v) is 8.72. The van der Waals surface area contributed by atoms with Gasteiger partial charge in [-0.1, -0.05) is 13.0 Å². The van der Waals surface area contributed by atoms with E-state index in [1.807, 2.05) is 19.1 Å². The summed E-state index contributed by atoms with van der Waals surface area (Å²) in [5.41, 5.74) is 2.53. The van der Waals surface area contributed by atoms with Crippen LogP contribution in [0.1, 0.15) is 105 Å². The maximum absolute atomic E-state index is 14.1. The highest BCUT2D eigenvalue weighted by molar-refractivity contribution is 5.94. The van der Waals surface area contributed by atoms with Crippen molar-refractivity contribution in [3.8, 4) is 5.75 Å². The Hall–Kier alpha value is -3.56. The van der Waals surface area contributed by atoms with Crippen LogP contribution in [0, 0.1) is 17.8 Å². The highest BCUT2D eigenvalue weighted by atomic mass is 19.3. The summed E-state index contributed by atoms with van der Waals surface area (Å²) in [6.45, 7) is 2.62. The Bertz CT molecular complexity index is 1420. The lowest BCUT2D eigenvalue weighted by Crippen LogP contribution is -2.37. The standard InChI is InChI=1S/C32H39F2N5O3/c1-2-4-28(40)37-29(21-9-10-21)24-16-27-36-26(18-39(27)35-17-24)30(22-11-13-32(33,34)14-12-22)38-31(41)23-5-3-6-25(15-23)42-19-20-7-8-20/h3,5-6,15-18,20-22,29-30H,2,4,7-14,19H2,1H3,(H,37,40)(H,38,41)/t29-,30+/m1/s1. The number of rotatable bonds is 12. The molecule has 3 fully saturated rings. The van der Waals surface area contributed by atoms with Crippen molar-refractivity contribution >= 4 is 17.5 Å². The average Bonchev–Trinajstić information content (AvgIpc) is 3.91. The summed E-state index contributed by atoms with van der Waals surface area (Å²) in [7, 11) is 0. The molecule has 0 unspecified atom stereocenters. The van der Waals surface area contributed by atoms with E-state index in [4.69, 9.17) is 9.72 Å². The molecule has 6 rings (SSSR count). The van der Waals surface area contributed by atoms with Crippen molar-refractivity contribution < 1.29 is 23.1 Å². The van der Waals surface area contributed by atoms with Crippen LogP contribution in [0.25, 0.3) is 5.65 Å². The second kappa shape index (κ2) is 12.0. The van der Waals surface area contributed by atoms with Crippen LogP contribution in [0.3, 0.4) is 0 Å². The number of carbonyl (C=O) groups is 2. The molecule has 0 bridgehead atoms. The second-order valence-corrected chi connectivity index (χ2v) is 12.3. The number of imidazole rings is 1. The van der Waals surface area contributed by atoms with Gasteiger partial charge >= 0.3 is 0 Å². The molecule has 0 spiro atoms. The number of alkyl halides is 2. The van der Waals surface area contributed by atoms with Crippen LogP contribution in [-0.2, 0) is 4.79 Å². The summed E-state index contributed by atoms with van der Waals surface area (Å²) in [5.74, 6) is -1.54. The van der Waals surface area contributed by atoms with Gasteiger partial charge in [0.25, 0.3) is 5.91 Å². The number of ether oxygens (including phenoxy) is 1.